The topological polar surface area (TPSA) is 44.2 Å². The molecule has 1 aromatic carbocycles. The third-order valence-corrected chi connectivity index (χ3v) is 9.70. The van der Waals surface area contributed by atoms with Gasteiger partial charge in [0.1, 0.15) is 5.75 Å². The van der Waals surface area contributed by atoms with Gasteiger partial charge in [0.15, 0.2) is 11.6 Å². The molecule has 1 aromatic heterocycles. The molecule has 0 atom stereocenters. The van der Waals surface area contributed by atoms with Crippen molar-refractivity contribution in [3.05, 3.63) is 36.7 Å². The molecule has 232 valence electrons. The summed E-state index contributed by atoms with van der Waals surface area (Å²) in [6.07, 6.45) is 29.1. The summed E-state index contributed by atoms with van der Waals surface area (Å²) in [4.78, 5) is 9.04. The number of unbranched alkanes of at least 4 members (excludes halogenated alkanes) is 17. The van der Waals surface area contributed by atoms with Crippen LogP contribution < -0.4 is 9.47 Å². The van der Waals surface area contributed by atoms with Crippen molar-refractivity contribution >= 4 is 8.07 Å². The van der Waals surface area contributed by atoms with Crippen LogP contribution >= 0.6 is 0 Å². The van der Waals surface area contributed by atoms with Gasteiger partial charge >= 0.3 is 0 Å². The van der Waals surface area contributed by atoms with Crippen molar-refractivity contribution in [3.8, 4) is 22.9 Å². The molecule has 1 heterocycles. The molecule has 0 N–H and O–H groups in total. The van der Waals surface area contributed by atoms with Crippen LogP contribution in [0.4, 0.5) is 0 Å². The number of benzene rings is 1. The molecular weight excluding hydrogens is 520 g/mol. The first-order valence-corrected chi connectivity index (χ1v) is 20.9. The third-order valence-electron chi connectivity index (χ3n) is 7.85. The van der Waals surface area contributed by atoms with Gasteiger partial charge in [-0.25, -0.2) is 9.97 Å². The summed E-state index contributed by atoms with van der Waals surface area (Å²) in [6, 6.07) is 9.61. The molecule has 5 heteroatoms. The first-order valence-electron chi connectivity index (χ1n) is 17.2. The molecule has 0 spiro atoms. The van der Waals surface area contributed by atoms with Gasteiger partial charge in [0.25, 0.3) is 0 Å². The minimum absolute atomic E-state index is 0.721. The van der Waals surface area contributed by atoms with Gasteiger partial charge in [-0.3, -0.25) is 0 Å². The van der Waals surface area contributed by atoms with Crippen LogP contribution in [0.3, 0.4) is 0 Å². The van der Waals surface area contributed by atoms with E-state index in [1.165, 1.54) is 115 Å². The number of ether oxygens (including phenoxy) is 2. The molecule has 2 aromatic rings. The number of aromatic nitrogens is 2. The maximum absolute atomic E-state index is 5.94. The maximum atomic E-state index is 5.94. The molecule has 4 nitrogen and oxygen atoms in total. The summed E-state index contributed by atoms with van der Waals surface area (Å²) >= 11 is 0. The van der Waals surface area contributed by atoms with Gasteiger partial charge in [-0.05, 0) is 37.1 Å². The fourth-order valence-electron chi connectivity index (χ4n) is 5.20. The molecule has 0 saturated heterocycles. The van der Waals surface area contributed by atoms with Crippen LogP contribution in [-0.2, 0) is 0 Å². The molecule has 0 aliphatic heterocycles. The van der Waals surface area contributed by atoms with Crippen LogP contribution in [0, 0.1) is 0 Å². The molecule has 0 unspecified atom stereocenters. The second kappa shape index (κ2) is 22.7. The third kappa shape index (κ3) is 19.0. The Morgan fingerprint density at radius 1 is 0.512 bits per heavy atom. The van der Waals surface area contributed by atoms with Gasteiger partial charge in [-0.15, -0.1) is 0 Å². The number of rotatable bonds is 26. The largest absolute Gasteiger partial charge is 0.494 e. The van der Waals surface area contributed by atoms with Crippen LogP contribution in [0.2, 0.25) is 25.7 Å². The van der Waals surface area contributed by atoms with E-state index >= 15 is 0 Å². The Labute approximate surface area is 254 Å². The highest BCUT2D eigenvalue weighted by molar-refractivity contribution is 6.76. The Bertz CT molecular complexity index is 865. The molecule has 41 heavy (non-hydrogen) atoms. The highest BCUT2D eigenvalue weighted by Gasteiger charge is 2.11. The average Bonchev–Trinajstić information content (AvgIpc) is 2.96. The van der Waals surface area contributed by atoms with E-state index in [9.17, 15) is 0 Å². The van der Waals surface area contributed by atoms with E-state index in [1.807, 2.05) is 24.3 Å². The molecular formula is C36H62N2O2Si. The van der Waals surface area contributed by atoms with Gasteiger partial charge < -0.3 is 9.47 Å². The van der Waals surface area contributed by atoms with Gasteiger partial charge in [0, 0.05) is 13.6 Å². The molecule has 0 fully saturated rings. The molecule has 0 saturated carbocycles. The van der Waals surface area contributed by atoms with Crippen molar-refractivity contribution in [2.45, 2.75) is 155 Å². The second-order valence-corrected chi connectivity index (χ2v) is 18.8. The highest BCUT2D eigenvalue weighted by Crippen LogP contribution is 2.21. The van der Waals surface area contributed by atoms with E-state index in [0.29, 0.717) is 0 Å². The lowest BCUT2D eigenvalue weighted by Gasteiger charge is -2.14. The Morgan fingerprint density at radius 3 is 1.39 bits per heavy atom. The quantitative estimate of drug-likeness (QED) is 0.0817. The smallest absolute Gasteiger partial charge is 0.159 e. The summed E-state index contributed by atoms with van der Waals surface area (Å²) < 4.78 is 11.8. The molecule has 0 bridgehead atoms. The summed E-state index contributed by atoms with van der Waals surface area (Å²) in [5, 5.41) is 0. The van der Waals surface area contributed by atoms with E-state index in [2.05, 4.69) is 36.5 Å². The van der Waals surface area contributed by atoms with E-state index in [-0.39, 0.29) is 0 Å². The van der Waals surface area contributed by atoms with Crippen LogP contribution in [0.1, 0.15) is 129 Å². The minimum Gasteiger partial charge on any atom is -0.494 e. The summed E-state index contributed by atoms with van der Waals surface area (Å²) in [6.45, 7) is 11.2. The predicted molar refractivity (Wildman–Crippen MR) is 180 cm³/mol. The van der Waals surface area contributed by atoms with Crippen molar-refractivity contribution < 1.29 is 9.47 Å². The molecule has 0 radical (unpaired) electrons. The standard InChI is InChI=1S/C36H62N2O2Si/c1-5-6-7-8-9-10-12-15-18-21-28-39-34-26-24-33(25-27-34)36-37-31-35(32-38-36)40-29-22-19-16-13-11-14-17-20-23-30-41(2,3)4/h24-27,31-32H,5-23,28-30H2,1-4H3. The van der Waals surface area contributed by atoms with E-state index in [0.717, 1.165) is 48.9 Å². The maximum Gasteiger partial charge on any atom is 0.159 e. The zero-order valence-corrected chi connectivity index (χ0v) is 28.2. The normalized spacial score (nSPS) is 11.6. The first-order chi connectivity index (χ1) is 20.0. The lowest BCUT2D eigenvalue weighted by Crippen LogP contribution is -2.18. The molecule has 2 rings (SSSR count). The molecule has 0 amide bonds. The van der Waals surface area contributed by atoms with Crippen molar-refractivity contribution in [1.29, 1.82) is 0 Å². The van der Waals surface area contributed by atoms with Crippen molar-refractivity contribution in [3.63, 3.8) is 0 Å². The summed E-state index contributed by atoms with van der Waals surface area (Å²) in [7, 11) is -0.832. The predicted octanol–water partition coefficient (Wildman–Crippen LogP) is 11.7. The van der Waals surface area contributed by atoms with Crippen LogP contribution in [0.25, 0.3) is 11.4 Å². The number of hydrogen-bond donors (Lipinski definition) is 0. The van der Waals surface area contributed by atoms with Crippen molar-refractivity contribution in [1.82, 2.24) is 9.97 Å². The summed E-state index contributed by atoms with van der Waals surface area (Å²) in [5.41, 5.74) is 0.999. The number of hydrogen-bond acceptors (Lipinski definition) is 4. The molecule has 0 aliphatic carbocycles. The SMILES string of the molecule is CCCCCCCCCCCCOc1ccc(-c2ncc(OCCCCCCCCCCC[Si](C)(C)C)cn2)cc1. The zero-order valence-electron chi connectivity index (χ0n) is 27.2. The van der Waals surface area contributed by atoms with Crippen molar-refractivity contribution in [2.75, 3.05) is 13.2 Å². The van der Waals surface area contributed by atoms with Crippen LogP contribution in [0.15, 0.2) is 36.7 Å². The fraction of sp³-hybridized carbons (Fsp3) is 0.722. The van der Waals surface area contributed by atoms with Gasteiger partial charge in [0.2, 0.25) is 0 Å². The van der Waals surface area contributed by atoms with E-state index in [1.54, 1.807) is 12.4 Å². The van der Waals surface area contributed by atoms with E-state index < -0.39 is 8.07 Å². The average molecular weight is 583 g/mol. The van der Waals surface area contributed by atoms with Crippen molar-refractivity contribution in [2.24, 2.45) is 0 Å². The molecule has 0 aliphatic rings. The van der Waals surface area contributed by atoms with E-state index in [4.69, 9.17) is 9.47 Å². The number of nitrogens with zero attached hydrogens (tertiary/aromatic N) is 2. The second-order valence-electron chi connectivity index (χ2n) is 13.1. The lowest BCUT2D eigenvalue weighted by atomic mass is 10.1. The minimum atomic E-state index is -0.832. The monoisotopic (exact) mass is 582 g/mol. The Morgan fingerprint density at radius 2 is 0.927 bits per heavy atom. The van der Waals surface area contributed by atoms with Gasteiger partial charge in [0.05, 0.1) is 25.6 Å². The van der Waals surface area contributed by atoms with Crippen LogP contribution in [0.5, 0.6) is 11.5 Å². The summed E-state index contributed by atoms with van der Waals surface area (Å²) in [5.74, 6) is 2.39. The lowest BCUT2D eigenvalue weighted by molar-refractivity contribution is 0.302. The first kappa shape index (κ1) is 35.3. The van der Waals surface area contributed by atoms with Crippen LogP contribution in [-0.4, -0.2) is 31.3 Å². The Hall–Kier alpha value is -1.88. The highest BCUT2D eigenvalue weighted by atomic mass is 28.3. The Balaban J connectivity index is 1.47. The van der Waals surface area contributed by atoms with Gasteiger partial charge in [-0.2, -0.15) is 0 Å². The Kier molecular flexibility index (Phi) is 19.5. The van der Waals surface area contributed by atoms with Gasteiger partial charge in [-0.1, -0.05) is 142 Å². The fourth-order valence-corrected chi connectivity index (χ4v) is 6.52. The zero-order chi connectivity index (χ0) is 29.4.